The largest absolute Gasteiger partial charge is 0.388 e. The molecule has 0 saturated carbocycles. The van der Waals surface area contributed by atoms with Gasteiger partial charge in [-0.05, 0) is 43.0 Å². The molecule has 2 atom stereocenters. The van der Waals surface area contributed by atoms with E-state index in [2.05, 4.69) is 5.32 Å². The Bertz CT molecular complexity index is 435. The SMILES string of the molecule is CSc1ccc(C(C)NCC2(O)CCSC2)cc1F. The van der Waals surface area contributed by atoms with Crippen molar-refractivity contribution in [2.24, 2.45) is 0 Å². The zero-order valence-corrected chi connectivity index (χ0v) is 12.9. The molecule has 1 aromatic rings. The Balaban J connectivity index is 1.95. The van der Waals surface area contributed by atoms with Crippen molar-refractivity contribution >= 4 is 23.5 Å². The van der Waals surface area contributed by atoms with Crippen LogP contribution in [-0.4, -0.2) is 35.0 Å². The van der Waals surface area contributed by atoms with Crippen molar-refractivity contribution in [2.75, 3.05) is 24.3 Å². The highest BCUT2D eigenvalue weighted by Gasteiger charge is 2.31. The van der Waals surface area contributed by atoms with Crippen LogP contribution in [0.2, 0.25) is 0 Å². The van der Waals surface area contributed by atoms with Crippen LogP contribution in [0.3, 0.4) is 0 Å². The van der Waals surface area contributed by atoms with Crippen LogP contribution in [0.25, 0.3) is 0 Å². The summed E-state index contributed by atoms with van der Waals surface area (Å²) < 4.78 is 13.7. The van der Waals surface area contributed by atoms with Crippen molar-refractivity contribution in [1.82, 2.24) is 5.32 Å². The minimum absolute atomic E-state index is 0.0417. The van der Waals surface area contributed by atoms with Crippen molar-refractivity contribution in [3.05, 3.63) is 29.6 Å². The van der Waals surface area contributed by atoms with Gasteiger partial charge < -0.3 is 10.4 Å². The number of hydrogen-bond acceptors (Lipinski definition) is 4. The topological polar surface area (TPSA) is 32.3 Å². The average molecular weight is 301 g/mol. The number of rotatable bonds is 5. The predicted molar refractivity (Wildman–Crippen MR) is 81.5 cm³/mol. The predicted octanol–water partition coefficient (Wildman–Crippen LogP) is 3.07. The van der Waals surface area contributed by atoms with Crippen molar-refractivity contribution in [2.45, 2.75) is 29.9 Å². The lowest BCUT2D eigenvalue weighted by atomic mass is 10.0. The van der Waals surface area contributed by atoms with Gasteiger partial charge in [-0.3, -0.25) is 0 Å². The molecule has 2 unspecified atom stereocenters. The first kappa shape index (κ1) is 15.2. The Morgan fingerprint density at radius 2 is 2.37 bits per heavy atom. The van der Waals surface area contributed by atoms with Gasteiger partial charge in [-0.2, -0.15) is 11.8 Å². The van der Waals surface area contributed by atoms with Gasteiger partial charge in [-0.15, -0.1) is 11.8 Å². The molecular formula is C14H20FNOS2. The van der Waals surface area contributed by atoms with E-state index in [4.69, 9.17) is 0 Å². The lowest BCUT2D eigenvalue weighted by molar-refractivity contribution is 0.0651. The Kier molecular flexibility index (Phi) is 5.17. The highest BCUT2D eigenvalue weighted by atomic mass is 32.2. The first-order valence-corrected chi connectivity index (χ1v) is 8.79. The molecule has 0 aromatic heterocycles. The van der Waals surface area contributed by atoms with Crippen LogP contribution in [0.1, 0.15) is 24.9 Å². The van der Waals surface area contributed by atoms with Gasteiger partial charge in [0.2, 0.25) is 0 Å². The molecule has 0 radical (unpaired) electrons. The molecule has 1 aliphatic heterocycles. The quantitative estimate of drug-likeness (QED) is 0.819. The first-order chi connectivity index (χ1) is 9.04. The fraction of sp³-hybridized carbons (Fsp3) is 0.571. The van der Waals surface area contributed by atoms with E-state index in [0.717, 1.165) is 23.5 Å². The van der Waals surface area contributed by atoms with E-state index in [1.807, 2.05) is 25.3 Å². The first-order valence-electron chi connectivity index (χ1n) is 6.41. The lowest BCUT2D eigenvalue weighted by Crippen LogP contribution is -2.41. The van der Waals surface area contributed by atoms with E-state index in [1.165, 1.54) is 11.8 Å². The summed E-state index contributed by atoms with van der Waals surface area (Å²) in [6.45, 7) is 2.56. The molecule has 0 amide bonds. The normalized spacial score (nSPS) is 24.6. The number of aliphatic hydroxyl groups is 1. The highest BCUT2D eigenvalue weighted by molar-refractivity contribution is 7.99. The van der Waals surface area contributed by atoms with Crippen molar-refractivity contribution < 1.29 is 9.50 Å². The van der Waals surface area contributed by atoms with Crippen LogP contribution < -0.4 is 5.32 Å². The highest BCUT2D eigenvalue weighted by Crippen LogP contribution is 2.28. The van der Waals surface area contributed by atoms with Crippen molar-refractivity contribution in [3.8, 4) is 0 Å². The lowest BCUT2D eigenvalue weighted by Gasteiger charge is -2.24. The standard InChI is InChI=1S/C14H20FNOS2/c1-10(16-8-14(17)5-6-19-9-14)11-3-4-13(18-2)12(15)7-11/h3-4,7,10,16-17H,5-6,8-9H2,1-2H3. The maximum absolute atomic E-state index is 13.7. The fourth-order valence-corrected chi connectivity index (χ4v) is 3.90. The number of thioether (sulfide) groups is 2. The number of benzene rings is 1. The monoisotopic (exact) mass is 301 g/mol. The number of halogens is 1. The Morgan fingerprint density at radius 3 is 2.95 bits per heavy atom. The minimum Gasteiger partial charge on any atom is -0.388 e. The fourth-order valence-electron chi connectivity index (χ4n) is 2.15. The van der Waals surface area contributed by atoms with Gasteiger partial charge >= 0.3 is 0 Å². The molecule has 0 spiro atoms. The Morgan fingerprint density at radius 1 is 1.58 bits per heavy atom. The van der Waals surface area contributed by atoms with Crippen LogP contribution >= 0.6 is 23.5 Å². The summed E-state index contributed by atoms with van der Waals surface area (Å²) in [5.41, 5.74) is 0.320. The summed E-state index contributed by atoms with van der Waals surface area (Å²) in [5.74, 6) is 1.63. The summed E-state index contributed by atoms with van der Waals surface area (Å²) in [6, 6.07) is 5.38. The summed E-state index contributed by atoms with van der Waals surface area (Å²) in [7, 11) is 0. The molecular weight excluding hydrogens is 281 g/mol. The molecule has 2 nitrogen and oxygen atoms in total. The number of hydrogen-bond donors (Lipinski definition) is 2. The molecule has 106 valence electrons. The minimum atomic E-state index is -0.601. The summed E-state index contributed by atoms with van der Waals surface area (Å²) in [4.78, 5) is 0.668. The van der Waals surface area contributed by atoms with Gasteiger partial charge in [0.1, 0.15) is 5.82 Å². The molecule has 1 fully saturated rings. The third-order valence-corrected chi connectivity index (χ3v) is 5.50. The molecule has 2 N–H and O–H groups in total. The zero-order valence-electron chi connectivity index (χ0n) is 11.3. The van der Waals surface area contributed by atoms with E-state index in [1.54, 1.807) is 17.8 Å². The average Bonchev–Trinajstić information content (AvgIpc) is 2.83. The van der Waals surface area contributed by atoms with Crippen molar-refractivity contribution in [3.63, 3.8) is 0 Å². The van der Waals surface area contributed by atoms with Crippen LogP contribution in [-0.2, 0) is 0 Å². The second-order valence-electron chi connectivity index (χ2n) is 5.02. The van der Waals surface area contributed by atoms with Gasteiger partial charge in [0.25, 0.3) is 0 Å². The van der Waals surface area contributed by atoms with Crippen LogP contribution in [0.15, 0.2) is 23.1 Å². The summed E-state index contributed by atoms with van der Waals surface area (Å²) >= 11 is 3.19. The zero-order chi connectivity index (χ0) is 13.9. The summed E-state index contributed by atoms with van der Waals surface area (Å²) in [6.07, 6.45) is 2.70. The molecule has 1 heterocycles. The van der Waals surface area contributed by atoms with Gasteiger partial charge in [0.15, 0.2) is 0 Å². The van der Waals surface area contributed by atoms with Gasteiger partial charge in [0, 0.05) is 23.2 Å². The maximum atomic E-state index is 13.7. The second-order valence-corrected chi connectivity index (χ2v) is 6.98. The third kappa shape index (κ3) is 3.88. The van der Waals surface area contributed by atoms with Gasteiger partial charge in [-0.25, -0.2) is 4.39 Å². The number of nitrogens with one attached hydrogen (secondary N) is 1. The molecule has 0 aliphatic carbocycles. The molecule has 1 saturated heterocycles. The smallest absolute Gasteiger partial charge is 0.137 e. The van der Waals surface area contributed by atoms with Crippen LogP contribution in [0.4, 0.5) is 4.39 Å². The van der Waals surface area contributed by atoms with Crippen LogP contribution in [0.5, 0.6) is 0 Å². The van der Waals surface area contributed by atoms with Gasteiger partial charge in [0.05, 0.1) is 5.60 Å². The molecule has 0 bridgehead atoms. The molecule has 19 heavy (non-hydrogen) atoms. The third-order valence-electron chi connectivity index (χ3n) is 3.50. The van der Waals surface area contributed by atoms with E-state index >= 15 is 0 Å². The molecule has 1 aliphatic rings. The molecule has 1 aromatic carbocycles. The Hall–Kier alpha value is -0.230. The van der Waals surface area contributed by atoms with E-state index in [0.29, 0.717) is 11.4 Å². The van der Waals surface area contributed by atoms with Crippen molar-refractivity contribution in [1.29, 1.82) is 0 Å². The van der Waals surface area contributed by atoms with Gasteiger partial charge in [-0.1, -0.05) is 6.07 Å². The maximum Gasteiger partial charge on any atom is 0.137 e. The Labute approximate surface area is 122 Å². The van der Waals surface area contributed by atoms with E-state index in [-0.39, 0.29) is 11.9 Å². The second kappa shape index (κ2) is 6.48. The van der Waals surface area contributed by atoms with Crippen LogP contribution in [0, 0.1) is 5.82 Å². The molecule has 5 heteroatoms. The molecule has 2 rings (SSSR count). The van der Waals surface area contributed by atoms with E-state index in [9.17, 15) is 9.50 Å². The van der Waals surface area contributed by atoms with E-state index < -0.39 is 5.60 Å². The summed E-state index contributed by atoms with van der Waals surface area (Å²) in [5, 5.41) is 13.6.